The number of nitrogens with zero attached hydrogens (tertiary/aromatic N) is 2. The summed E-state index contributed by atoms with van der Waals surface area (Å²) in [6.45, 7) is 7.66. The van der Waals surface area contributed by atoms with Crippen LogP contribution in [0.2, 0.25) is 0 Å². The second-order valence-corrected chi connectivity index (χ2v) is 7.33. The summed E-state index contributed by atoms with van der Waals surface area (Å²) < 4.78 is 19.0. The number of benzene rings is 1. The summed E-state index contributed by atoms with van der Waals surface area (Å²) in [5, 5.41) is 0. The Bertz CT molecular complexity index is 557. The number of carbonyl (C=O) groups excluding carboxylic acids is 1. The van der Waals surface area contributed by atoms with Crippen LogP contribution in [0.5, 0.6) is 0 Å². The van der Waals surface area contributed by atoms with Gasteiger partial charge in [-0.1, -0.05) is 19.1 Å². The number of hydrogen-bond acceptors (Lipinski definition) is 3. The van der Waals surface area contributed by atoms with Crippen molar-refractivity contribution in [1.82, 2.24) is 9.80 Å². The molecule has 2 unspecified atom stereocenters. The molecule has 2 fully saturated rings. The highest BCUT2D eigenvalue weighted by Gasteiger charge is 2.27. The van der Waals surface area contributed by atoms with Crippen molar-refractivity contribution in [2.24, 2.45) is 0 Å². The van der Waals surface area contributed by atoms with E-state index in [0.29, 0.717) is 13.0 Å². The van der Waals surface area contributed by atoms with Crippen molar-refractivity contribution in [3.63, 3.8) is 0 Å². The number of halogens is 1. The largest absolute Gasteiger partial charge is 0.375 e. The Morgan fingerprint density at radius 2 is 1.96 bits per heavy atom. The lowest BCUT2D eigenvalue weighted by Crippen LogP contribution is -2.32. The summed E-state index contributed by atoms with van der Waals surface area (Å²) in [6.07, 6.45) is 4.17. The van der Waals surface area contributed by atoms with E-state index in [1.54, 1.807) is 12.1 Å². The minimum absolute atomic E-state index is 0.100. The summed E-state index contributed by atoms with van der Waals surface area (Å²) in [7, 11) is 0. The van der Waals surface area contributed by atoms with Crippen LogP contribution in [0.15, 0.2) is 24.3 Å². The Morgan fingerprint density at radius 1 is 1.24 bits per heavy atom. The van der Waals surface area contributed by atoms with Gasteiger partial charge in [0.05, 0.1) is 12.7 Å². The fourth-order valence-electron chi connectivity index (χ4n) is 3.75. The van der Waals surface area contributed by atoms with Gasteiger partial charge in [0, 0.05) is 26.1 Å². The number of carbonyl (C=O) groups is 1. The van der Waals surface area contributed by atoms with Crippen LogP contribution in [0.4, 0.5) is 4.39 Å². The maximum absolute atomic E-state index is 13.0. The number of rotatable bonds is 7. The zero-order valence-electron chi connectivity index (χ0n) is 15.1. The molecule has 0 radical (unpaired) electrons. The molecule has 1 amide bonds. The summed E-state index contributed by atoms with van der Waals surface area (Å²) in [5.41, 5.74) is 1.01. The van der Waals surface area contributed by atoms with E-state index in [1.807, 2.05) is 11.8 Å². The first-order valence-corrected chi connectivity index (χ1v) is 9.49. The molecule has 5 heteroatoms. The van der Waals surface area contributed by atoms with E-state index in [9.17, 15) is 9.18 Å². The first kappa shape index (κ1) is 18.3. The van der Waals surface area contributed by atoms with Gasteiger partial charge in [0.15, 0.2) is 0 Å². The Morgan fingerprint density at radius 3 is 2.68 bits per heavy atom. The van der Waals surface area contributed by atoms with Gasteiger partial charge in [0.2, 0.25) is 5.91 Å². The fourth-order valence-corrected chi connectivity index (χ4v) is 3.75. The van der Waals surface area contributed by atoms with Gasteiger partial charge in [-0.3, -0.25) is 4.79 Å². The van der Waals surface area contributed by atoms with Crippen LogP contribution in [-0.2, 0) is 9.53 Å². The molecule has 2 aliphatic heterocycles. The molecular formula is C20H29FN2O2. The first-order chi connectivity index (χ1) is 12.1. The van der Waals surface area contributed by atoms with Gasteiger partial charge < -0.3 is 14.5 Å². The molecule has 0 aromatic heterocycles. The normalized spacial score (nSPS) is 22.5. The van der Waals surface area contributed by atoms with Crippen molar-refractivity contribution in [1.29, 1.82) is 0 Å². The monoisotopic (exact) mass is 348 g/mol. The molecule has 3 rings (SSSR count). The first-order valence-electron chi connectivity index (χ1n) is 9.49. The third-order valence-electron chi connectivity index (χ3n) is 5.38. The third kappa shape index (κ3) is 5.25. The van der Waals surface area contributed by atoms with E-state index in [1.165, 1.54) is 38.1 Å². The van der Waals surface area contributed by atoms with E-state index < -0.39 is 0 Å². The Kier molecular flexibility index (Phi) is 6.43. The lowest BCUT2D eigenvalue weighted by atomic mass is 9.97. The average molecular weight is 348 g/mol. The van der Waals surface area contributed by atoms with Crippen molar-refractivity contribution >= 4 is 5.91 Å². The maximum atomic E-state index is 13.0. The lowest BCUT2D eigenvalue weighted by molar-refractivity contribution is -0.131. The fraction of sp³-hybridized carbons (Fsp3) is 0.650. The number of ether oxygens (including phenoxy) is 1. The topological polar surface area (TPSA) is 32.8 Å². The Balaban J connectivity index is 1.38. The van der Waals surface area contributed by atoms with Crippen molar-refractivity contribution in [2.75, 3.05) is 39.3 Å². The van der Waals surface area contributed by atoms with E-state index in [2.05, 4.69) is 4.90 Å². The Hall–Kier alpha value is -1.46. The van der Waals surface area contributed by atoms with Gasteiger partial charge in [-0.25, -0.2) is 4.39 Å². The molecule has 2 atom stereocenters. The Labute approximate surface area is 149 Å². The summed E-state index contributed by atoms with van der Waals surface area (Å²) in [5.74, 6) is 0.0291. The van der Waals surface area contributed by atoms with Crippen molar-refractivity contribution < 1.29 is 13.9 Å². The van der Waals surface area contributed by atoms with Gasteiger partial charge in [-0.05, 0) is 56.0 Å². The molecule has 2 aliphatic rings. The number of likely N-dealkylation sites (tertiary alicyclic amines) is 2. The van der Waals surface area contributed by atoms with Gasteiger partial charge in [0.25, 0.3) is 0 Å². The van der Waals surface area contributed by atoms with Crippen LogP contribution >= 0.6 is 0 Å². The summed E-state index contributed by atoms with van der Waals surface area (Å²) in [4.78, 5) is 16.9. The van der Waals surface area contributed by atoms with Crippen molar-refractivity contribution in [3.05, 3.63) is 35.6 Å². The maximum Gasteiger partial charge on any atom is 0.223 e. The molecule has 0 spiro atoms. The van der Waals surface area contributed by atoms with Crippen LogP contribution in [0, 0.1) is 5.82 Å². The van der Waals surface area contributed by atoms with E-state index in [-0.39, 0.29) is 23.7 Å². The van der Waals surface area contributed by atoms with Gasteiger partial charge in [-0.15, -0.1) is 0 Å². The smallest absolute Gasteiger partial charge is 0.223 e. The molecule has 25 heavy (non-hydrogen) atoms. The molecular weight excluding hydrogens is 319 g/mol. The standard InChI is InChI=1S/C20H29FN2O2/c1-16(17-4-6-18(21)7-5-17)14-20(24)23-11-8-19(15-23)25-13-12-22-9-2-3-10-22/h4-7,16,19H,2-3,8-15H2,1H3. The predicted molar refractivity (Wildman–Crippen MR) is 96.0 cm³/mol. The number of hydrogen-bond donors (Lipinski definition) is 0. The molecule has 4 nitrogen and oxygen atoms in total. The van der Waals surface area contributed by atoms with Crippen LogP contribution < -0.4 is 0 Å². The van der Waals surface area contributed by atoms with Gasteiger partial charge >= 0.3 is 0 Å². The minimum Gasteiger partial charge on any atom is -0.375 e. The molecule has 2 heterocycles. The van der Waals surface area contributed by atoms with E-state index in [0.717, 1.165) is 31.7 Å². The molecule has 1 aromatic carbocycles. The SMILES string of the molecule is CC(CC(=O)N1CCC(OCCN2CCCC2)C1)c1ccc(F)cc1. The van der Waals surface area contributed by atoms with E-state index >= 15 is 0 Å². The van der Waals surface area contributed by atoms with Gasteiger partial charge in [-0.2, -0.15) is 0 Å². The van der Waals surface area contributed by atoms with Crippen molar-refractivity contribution in [2.45, 2.75) is 44.6 Å². The zero-order valence-corrected chi connectivity index (χ0v) is 15.1. The average Bonchev–Trinajstić information content (AvgIpc) is 3.27. The van der Waals surface area contributed by atoms with Gasteiger partial charge in [0.1, 0.15) is 5.82 Å². The van der Waals surface area contributed by atoms with Crippen LogP contribution in [0.3, 0.4) is 0 Å². The molecule has 0 saturated carbocycles. The van der Waals surface area contributed by atoms with Crippen LogP contribution in [0.1, 0.15) is 44.1 Å². The molecule has 2 saturated heterocycles. The molecule has 138 valence electrons. The highest BCUT2D eigenvalue weighted by molar-refractivity contribution is 5.77. The molecule has 1 aromatic rings. The second kappa shape index (κ2) is 8.77. The third-order valence-corrected chi connectivity index (χ3v) is 5.38. The highest BCUT2D eigenvalue weighted by atomic mass is 19.1. The minimum atomic E-state index is -0.240. The quantitative estimate of drug-likeness (QED) is 0.759. The summed E-state index contributed by atoms with van der Waals surface area (Å²) in [6, 6.07) is 6.44. The number of amides is 1. The highest BCUT2D eigenvalue weighted by Crippen LogP contribution is 2.22. The van der Waals surface area contributed by atoms with Crippen molar-refractivity contribution in [3.8, 4) is 0 Å². The molecule has 0 N–H and O–H groups in total. The van der Waals surface area contributed by atoms with E-state index in [4.69, 9.17) is 4.74 Å². The zero-order chi connectivity index (χ0) is 17.6. The molecule has 0 aliphatic carbocycles. The second-order valence-electron chi connectivity index (χ2n) is 7.33. The van der Waals surface area contributed by atoms with Crippen LogP contribution in [-0.4, -0.2) is 61.1 Å². The summed E-state index contributed by atoms with van der Waals surface area (Å²) >= 11 is 0. The predicted octanol–water partition coefficient (Wildman–Crippen LogP) is 3.03. The lowest BCUT2D eigenvalue weighted by Gasteiger charge is -2.20. The van der Waals surface area contributed by atoms with Crippen LogP contribution in [0.25, 0.3) is 0 Å². The molecule has 0 bridgehead atoms.